The summed E-state index contributed by atoms with van der Waals surface area (Å²) in [4.78, 5) is 26.3. The van der Waals surface area contributed by atoms with Crippen molar-refractivity contribution in [3.05, 3.63) is 59.1 Å². The second kappa shape index (κ2) is 9.18. The van der Waals surface area contributed by atoms with E-state index in [9.17, 15) is 9.59 Å². The topological polar surface area (TPSA) is 81.9 Å². The number of halogens is 1. The van der Waals surface area contributed by atoms with Crippen LogP contribution in [0.1, 0.15) is 29.6 Å². The number of primary amides is 1. The zero-order chi connectivity index (χ0) is 20.9. The molecule has 29 heavy (non-hydrogen) atoms. The van der Waals surface area contributed by atoms with Crippen LogP contribution in [0.3, 0.4) is 0 Å². The summed E-state index contributed by atoms with van der Waals surface area (Å²) in [6.07, 6.45) is 1.50. The molecule has 2 N–H and O–H groups in total. The van der Waals surface area contributed by atoms with Gasteiger partial charge in [0.15, 0.2) is 0 Å². The average molecular weight is 417 g/mol. The highest BCUT2D eigenvalue weighted by Gasteiger charge is 2.38. The van der Waals surface area contributed by atoms with Crippen LogP contribution in [0, 0.1) is 5.41 Å². The molecule has 0 spiro atoms. The fraction of sp³-hybridized carbons (Fsp3) is 0.364. The van der Waals surface area contributed by atoms with Crippen LogP contribution < -0.4 is 15.2 Å². The number of benzene rings is 2. The lowest BCUT2D eigenvalue weighted by atomic mass is 9.76. The zero-order valence-electron chi connectivity index (χ0n) is 16.4. The van der Waals surface area contributed by atoms with Gasteiger partial charge in [-0.05, 0) is 55.3 Å². The maximum absolute atomic E-state index is 12.8. The van der Waals surface area contributed by atoms with E-state index in [-0.39, 0.29) is 18.2 Å². The van der Waals surface area contributed by atoms with Gasteiger partial charge in [0.1, 0.15) is 11.5 Å². The molecule has 154 valence electrons. The highest BCUT2D eigenvalue weighted by molar-refractivity contribution is 6.30. The van der Waals surface area contributed by atoms with E-state index in [4.69, 9.17) is 26.8 Å². The fourth-order valence-corrected chi connectivity index (χ4v) is 3.76. The van der Waals surface area contributed by atoms with Crippen molar-refractivity contribution < 1.29 is 19.1 Å². The van der Waals surface area contributed by atoms with E-state index in [0.29, 0.717) is 54.6 Å². The molecular weight excluding hydrogens is 392 g/mol. The first kappa shape index (κ1) is 21.0. The van der Waals surface area contributed by atoms with Crippen LogP contribution in [0.25, 0.3) is 0 Å². The molecule has 3 rings (SSSR count). The SMILES string of the molecule is COc1cccc(C(=O)N2CCC(COc3ccc(Cl)cc3)(CC(N)=O)CC2)c1. The lowest BCUT2D eigenvalue weighted by Crippen LogP contribution is -2.47. The third-order valence-electron chi connectivity index (χ3n) is 5.34. The normalized spacial score (nSPS) is 15.6. The Hall–Kier alpha value is -2.73. The van der Waals surface area contributed by atoms with Gasteiger partial charge in [-0.1, -0.05) is 17.7 Å². The number of piperidine rings is 1. The number of ether oxygens (including phenoxy) is 2. The number of likely N-dealkylation sites (tertiary alicyclic amines) is 1. The largest absolute Gasteiger partial charge is 0.497 e. The molecule has 6 nitrogen and oxygen atoms in total. The van der Waals surface area contributed by atoms with E-state index in [1.165, 1.54) is 0 Å². The van der Waals surface area contributed by atoms with Crippen LogP contribution in [0.4, 0.5) is 0 Å². The first-order chi connectivity index (χ1) is 13.9. The van der Waals surface area contributed by atoms with Crippen molar-refractivity contribution in [1.82, 2.24) is 4.90 Å². The van der Waals surface area contributed by atoms with Gasteiger partial charge >= 0.3 is 0 Å². The molecular formula is C22H25ClN2O4. The summed E-state index contributed by atoms with van der Waals surface area (Å²) in [5.74, 6) is 0.924. The molecule has 1 aliphatic rings. The monoisotopic (exact) mass is 416 g/mol. The van der Waals surface area contributed by atoms with Crippen molar-refractivity contribution in [1.29, 1.82) is 0 Å². The second-order valence-electron chi connectivity index (χ2n) is 7.41. The van der Waals surface area contributed by atoms with Crippen LogP contribution in [0.5, 0.6) is 11.5 Å². The molecule has 0 aliphatic carbocycles. The number of hydrogen-bond acceptors (Lipinski definition) is 4. The number of carbonyl (C=O) groups is 2. The number of amides is 2. The quantitative estimate of drug-likeness (QED) is 0.748. The van der Waals surface area contributed by atoms with E-state index < -0.39 is 5.41 Å². The van der Waals surface area contributed by atoms with Gasteiger partial charge in [0.2, 0.25) is 5.91 Å². The Kier molecular flexibility index (Phi) is 6.64. The number of methoxy groups -OCH3 is 1. The zero-order valence-corrected chi connectivity index (χ0v) is 17.2. The molecule has 0 atom stereocenters. The Bertz CT molecular complexity index is 861. The Morgan fingerprint density at radius 2 is 1.79 bits per heavy atom. The molecule has 2 amide bonds. The summed E-state index contributed by atoms with van der Waals surface area (Å²) >= 11 is 5.91. The van der Waals surface area contributed by atoms with Crippen LogP contribution in [-0.4, -0.2) is 43.5 Å². The standard InChI is InChI=1S/C22H25ClN2O4/c1-28-19-4-2-3-16(13-19)21(27)25-11-9-22(10-12-25,14-20(24)26)15-29-18-7-5-17(23)6-8-18/h2-8,13H,9-12,14-15H2,1H3,(H2,24,26). The molecule has 0 saturated carbocycles. The molecule has 0 unspecified atom stereocenters. The number of nitrogens with zero attached hydrogens (tertiary/aromatic N) is 1. The predicted molar refractivity (Wildman–Crippen MR) is 111 cm³/mol. The van der Waals surface area contributed by atoms with Crippen molar-refractivity contribution >= 4 is 23.4 Å². The number of rotatable bonds is 7. The summed E-state index contributed by atoms with van der Waals surface area (Å²) in [5.41, 5.74) is 5.70. The summed E-state index contributed by atoms with van der Waals surface area (Å²) in [7, 11) is 1.57. The Morgan fingerprint density at radius 1 is 1.10 bits per heavy atom. The smallest absolute Gasteiger partial charge is 0.253 e. The van der Waals surface area contributed by atoms with E-state index in [0.717, 1.165) is 0 Å². The van der Waals surface area contributed by atoms with Crippen molar-refractivity contribution in [2.45, 2.75) is 19.3 Å². The molecule has 2 aromatic rings. The van der Waals surface area contributed by atoms with Crippen LogP contribution in [0.2, 0.25) is 5.02 Å². The molecule has 7 heteroatoms. The van der Waals surface area contributed by atoms with E-state index in [2.05, 4.69) is 0 Å². The maximum Gasteiger partial charge on any atom is 0.253 e. The van der Waals surface area contributed by atoms with E-state index in [1.807, 2.05) is 0 Å². The van der Waals surface area contributed by atoms with Crippen molar-refractivity contribution in [3.63, 3.8) is 0 Å². The molecule has 1 aliphatic heterocycles. The minimum atomic E-state index is -0.392. The Labute approximate surface area is 175 Å². The van der Waals surface area contributed by atoms with Gasteiger partial charge in [-0.2, -0.15) is 0 Å². The Balaban J connectivity index is 1.66. The van der Waals surface area contributed by atoms with Gasteiger partial charge in [-0.15, -0.1) is 0 Å². The second-order valence-corrected chi connectivity index (χ2v) is 7.85. The van der Waals surface area contributed by atoms with Gasteiger partial charge in [0.25, 0.3) is 5.91 Å². The van der Waals surface area contributed by atoms with Crippen LogP contribution in [0.15, 0.2) is 48.5 Å². The minimum Gasteiger partial charge on any atom is -0.497 e. The molecule has 0 radical (unpaired) electrons. The molecule has 1 heterocycles. The fourth-order valence-electron chi connectivity index (χ4n) is 3.63. The van der Waals surface area contributed by atoms with Gasteiger partial charge in [0.05, 0.1) is 13.7 Å². The summed E-state index contributed by atoms with van der Waals surface area (Å²) in [5, 5.41) is 0.633. The highest BCUT2D eigenvalue weighted by Crippen LogP contribution is 2.36. The predicted octanol–water partition coefficient (Wildman–Crippen LogP) is 3.53. The van der Waals surface area contributed by atoms with Gasteiger partial charge < -0.3 is 20.1 Å². The first-order valence-electron chi connectivity index (χ1n) is 9.51. The maximum atomic E-state index is 12.8. The number of nitrogens with two attached hydrogens (primary N) is 1. The molecule has 1 fully saturated rings. The lowest BCUT2D eigenvalue weighted by molar-refractivity contribution is -0.121. The van der Waals surface area contributed by atoms with Gasteiger partial charge in [-0.3, -0.25) is 9.59 Å². The Morgan fingerprint density at radius 3 is 2.41 bits per heavy atom. The minimum absolute atomic E-state index is 0.0461. The number of carbonyl (C=O) groups excluding carboxylic acids is 2. The summed E-state index contributed by atoms with van der Waals surface area (Å²) in [6, 6.07) is 14.2. The van der Waals surface area contributed by atoms with E-state index in [1.54, 1.807) is 60.5 Å². The van der Waals surface area contributed by atoms with Gasteiger partial charge in [0, 0.05) is 35.5 Å². The van der Waals surface area contributed by atoms with Crippen molar-refractivity contribution in [3.8, 4) is 11.5 Å². The van der Waals surface area contributed by atoms with Crippen molar-refractivity contribution in [2.24, 2.45) is 11.1 Å². The third-order valence-corrected chi connectivity index (χ3v) is 5.59. The summed E-state index contributed by atoms with van der Waals surface area (Å²) in [6.45, 7) is 1.43. The summed E-state index contributed by atoms with van der Waals surface area (Å²) < 4.78 is 11.1. The highest BCUT2D eigenvalue weighted by atomic mass is 35.5. The van der Waals surface area contributed by atoms with E-state index >= 15 is 0 Å². The van der Waals surface area contributed by atoms with Gasteiger partial charge in [-0.25, -0.2) is 0 Å². The number of hydrogen-bond donors (Lipinski definition) is 1. The average Bonchev–Trinajstić information content (AvgIpc) is 2.73. The molecule has 0 aromatic heterocycles. The lowest BCUT2D eigenvalue weighted by Gasteiger charge is -2.41. The van der Waals surface area contributed by atoms with Crippen LogP contribution >= 0.6 is 11.6 Å². The third kappa shape index (κ3) is 5.41. The molecule has 2 aromatic carbocycles. The molecule has 1 saturated heterocycles. The van der Waals surface area contributed by atoms with Crippen molar-refractivity contribution in [2.75, 3.05) is 26.8 Å². The van der Waals surface area contributed by atoms with Crippen LogP contribution in [-0.2, 0) is 4.79 Å². The first-order valence-corrected chi connectivity index (χ1v) is 9.89. The molecule has 0 bridgehead atoms.